The van der Waals surface area contributed by atoms with E-state index in [-0.39, 0.29) is 12.1 Å². The summed E-state index contributed by atoms with van der Waals surface area (Å²) in [5.41, 5.74) is 0.709. The Morgan fingerprint density at radius 3 is 2.35 bits per heavy atom. The summed E-state index contributed by atoms with van der Waals surface area (Å²) >= 11 is 0. The zero-order valence-corrected chi connectivity index (χ0v) is 17.7. The number of likely N-dealkylation sites (N-methyl/N-ethyl adjacent to an activating group) is 1. The van der Waals surface area contributed by atoms with E-state index in [2.05, 4.69) is 34.9 Å². The van der Waals surface area contributed by atoms with Crippen LogP contribution in [0.3, 0.4) is 0 Å². The van der Waals surface area contributed by atoms with Gasteiger partial charge in [0.15, 0.2) is 6.54 Å². The van der Waals surface area contributed by atoms with Gasteiger partial charge in [-0.15, -0.1) is 0 Å². The van der Waals surface area contributed by atoms with Crippen LogP contribution in [-0.4, -0.2) is 56.5 Å². The summed E-state index contributed by atoms with van der Waals surface area (Å²) in [5, 5.41) is 0. The zero-order valence-electron chi connectivity index (χ0n) is 17.7. The van der Waals surface area contributed by atoms with Crippen molar-refractivity contribution in [3.63, 3.8) is 0 Å². The van der Waals surface area contributed by atoms with Crippen LogP contribution in [-0.2, 0) is 14.3 Å². The van der Waals surface area contributed by atoms with Crippen molar-refractivity contribution in [2.75, 3.05) is 33.8 Å². The first-order valence-electron chi connectivity index (χ1n) is 10.8. The Morgan fingerprint density at radius 1 is 1.08 bits per heavy atom. The molecule has 3 rings (SSSR count). The number of quaternary nitrogens is 1. The number of ether oxygens (including phenoxy) is 2. The van der Waals surface area contributed by atoms with Gasteiger partial charge in [0.1, 0.15) is 12.6 Å². The second kappa shape index (κ2) is 7.43. The van der Waals surface area contributed by atoms with E-state index in [4.69, 9.17) is 9.47 Å². The van der Waals surface area contributed by atoms with E-state index in [0.717, 1.165) is 31.9 Å². The molecule has 3 aliphatic rings. The van der Waals surface area contributed by atoms with E-state index in [0.29, 0.717) is 28.0 Å². The Balaban J connectivity index is 1.42. The Morgan fingerprint density at radius 2 is 1.77 bits per heavy atom. The van der Waals surface area contributed by atoms with Crippen LogP contribution in [0.2, 0.25) is 0 Å². The highest BCUT2D eigenvalue weighted by Crippen LogP contribution is 2.66. The maximum atomic E-state index is 12.3. The van der Waals surface area contributed by atoms with Crippen molar-refractivity contribution in [2.24, 2.45) is 16.7 Å². The van der Waals surface area contributed by atoms with Crippen molar-refractivity contribution in [2.45, 2.75) is 84.3 Å². The fourth-order valence-electron chi connectivity index (χ4n) is 5.66. The molecular weight excluding hydrogens is 326 g/mol. The van der Waals surface area contributed by atoms with E-state index in [1.165, 1.54) is 38.5 Å². The summed E-state index contributed by atoms with van der Waals surface area (Å²) in [7, 11) is 4.22. The van der Waals surface area contributed by atoms with Crippen LogP contribution in [0.4, 0.5) is 0 Å². The number of carbonyl (C=O) groups is 1. The minimum absolute atomic E-state index is 0.0464. The normalized spacial score (nSPS) is 34.2. The van der Waals surface area contributed by atoms with E-state index >= 15 is 0 Å². The third-order valence-electron chi connectivity index (χ3n) is 8.14. The predicted octanol–water partition coefficient (Wildman–Crippen LogP) is 4.17. The van der Waals surface area contributed by atoms with E-state index in [1.807, 2.05) is 0 Å². The third kappa shape index (κ3) is 3.96. The smallest absolute Gasteiger partial charge is 0.362 e. The molecule has 0 amide bonds. The Bertz CT molecular complexity index is 510. The van der Waals surface area contributed by atoms with E-state index in [9.17, 15) is 4.79 Å². The zero-order chi connectivity index (χ0) is 19.0. The molecule has 0 aromatic carbocycles. The lowest BCUT2D eigenvalue weighted by Crippen LogP contribution is -2.48. The molecule has 26 heavy (non-hydrogen) atoms. The van der Waals surface area contributed by atoms with Gasteiger partial charge in [-0.25, -0.2) is 4.79 Å². The standard InChI is InChI=1S/C22H40NO3/c1-21(2)17-11-12-22(21,3)19(15-17)25-14-13-23(4,5)16-20(24)26-18-9-7-6-8-10-18/h17-19H,6-16H2,1-5H3/q+1/t17-,19+,22-/m1/s1. The second-order valence-corrected chi connectivity index (χ2v) is 10.5. The SMILES string of the molecule is CC1(C)[C@@H]2CC[C@]1(C)[C@@H](OCC[N+](C)(C)CC(=O)OC1CCCCC1)C2. The summed E-state index contributed by atoms with van der Waals surface area (Å²) in [5.74, 6) is 0.764. The summed E-state index contributed by atoms with van der Waals surface area (Å²) in [6.45, 7) is 9.30. The van der Waals surface area contributed by atoms with Crippen molar-refractivity contribution >= 4 is 5.97 Å². The number of hydrogen-bond acceptors (Lipinski definition) is 3. The van der Waals surface area contributed by atoms with Crippen molar-refractivity contribution in [3.05, 3.63) is 0 Å². The van der Waals surface area contributed by atoms with Gasteiger partial charge in [-0.2, -0.15) is 0 Å². The lowest BCUT2D eigenvalue weighted by molar-refractivity contribution is -0.883. The fourth-order valence-corrected chi connectivity index (χ4v) is 5.66. The van der Waals surface area contributed by atoms with Gasteiger partial charge in [0.25, 0.3) is 0 Å². The van der Waals surface area contributed by atoms with Gasteiger partial charge in [0.05, 0.1) is 26.8 Å². The van der Waals surface area contributed by atoms with Crippen molar-refractivity contribution in [3.8, 4) is 0 Å². The van der Waals surface area contributed by atoms with Crippen molar-refractivity contribution < 1.29 is 18.8 Å². The molecule has 3 atom stereocenters. The fraction of sp³-hybridized carbons (Fsp3) is 0.955. The molecule has 0 heterocycles. The highest BCUT2D eigenvalue weighted by atomic mass is 16.5. The van der Waals surface area contributed by atoms with Crippen LogP contribution < -0.4 is 0 Å². The van der Waals surface area contributed by atoms with Crippen LogP contribution >= 0.6 is 0 Å². The minimum atomic E-state index is -0.0464. The molecule has 4 heteroatoms. The van der Waals surface area contributed by atoms with Gasteiger partial charge >= 0.3 is 5.97 Å². The topological polar surface area (TPSA) is 35.5 Å². The molecule has 2 bridgehead atoms. The molecule has 150 valence electrons. The van der Waals surface area contributed by atoms with Crippen LogP contribution in [0.25, 0.3) is 0 Å². The first kappa shape index (κ1) is 20.1. The highest BCUT2D eigenvalue weighted by molar-refractivity contribution is 5.70. The number of esters is 1. The predicted molar refractivity (Wildman–Crippen MR) is 104 cm³/mol. The molecule has 3 fully saturated rings. The first-order valence-corrected chi connectivity index (χ1v) is 10.8. The van der Waals surface area contributed by atoms with Gasteiger partial charge in [-0.3, -0.25) is 0 Å². The van der Waals surface area contributed by atoms with Crippen LogP contribution in [0.1, 0.15) is 72.1 Å². The van der Waals surface area contributed by atoms with Crippen molar-refractivity contribution in [1.29, 1.82) is 0 Å². The number of fused-ring (bicyclic) bond motifs is 2. The van der Waals surface area contributed by atoms with Crippen LogP contribution in [0, 0.1) is 16.7 Å². The number of carbonyl (C=O) groups excluding carboxylic acids is 1. The van der Waals surface area contributed by atoms with Gasteiger partial charge < -0.3 is 14.0 Å². The Kier molecular flexibility index (Phi) is 5.75. The monoisotopic (exact) mass is 366 g/mol. The molecule has 3 saturated carbocycles. The van der Waals surface area contributed by atoms with Gasteiger partial charge in [0, 0.05) is 0 Å². The highest BCUT2D eigenvalue weighted by Gasteiger charge is 2.61. The molecule has 0 unspecified atom stereocenters. The molecule has 0 N–H and O–H groups in total. The molecule has 0 radical (unpaired) electrons. The maximum Gasteiger partial charge on any atom is 0.362 e. The van der Waals surface area contributed by atoms with Crippen LogP contribution in [0.5, 0.6) is 0 Å². The molecule has 0 aromatic heterocycles. The summed E-state index contributed by atoms with van der Waals surface area (Å²) in [4.78, 5) is 12.3. The summed E-state index contributed by atoms with van der Waals surface area (Å²) in [6.07, 6.45) is 10.2. The lowest BCUT2D eigenvalue weighted by Gasteiger charge is -2.39. The van der Waals surface area contributed by atoms with Gasteiger partial charge in [-0.05, 0) is 61.7 Å². The molecule has 0 spiro atoms. The Hall–Kier alpha value is -0.610. The molecule has 4 nitrogen and oxygen atoms in total. The van der Waals surface area contributed by atoms with Crippen LogP contribution in [0.15, 0.2) is 0 Å². The lowest BCUT2D eigenvalue weighted by atomic mass is 9.70. The average Bonchev–Trinajstić information content (AvgIpc) is 2.88. The second-order valence-electron chi connectivity index (χ2n) is 10.5. The van der Waals surface area contributed by atoms with Crippen molar-refractivity contribution in [1.82, 2.24) is 0 Å². The summed E-state index contributed by atoms with van der Waals surface area (Å²) in [6, 6.07) is 0. The first-order chi connectivity index (χ1) is 12.1. The van der Waals surface area contributed by atoms with E-state index < -0.39 is 0 Å². The van der Waals surface area contributed by atoms with Gasteiger partial charge in [-0.1, -0.05) is 27.2 Å². The number of rotatable bonds is 7. The summed E-state index contributed by atoms with van der Waals surface area (Å²) < 4.78 is 12.7. The number of hydrogen-bond donors (Lipinski definition) is 0. The molecule has 0 aromatic rings. The molecule has 3 aliphatic carbocycles. The quantitative estimate of drug-likeness (QED) is 0.501. The number of nitrogens with zero attached hydrogens (tertiary/aromatic N) is 1. The minimum Gasteiger partial charge on any atom is -0.458 e. The van der Waals surface area contributed by atoms with Gasteiger partial charge in [0.2, 0.25) is 0 Å². The molecule has 0 aliphatic heterocycles. The Labute approximate surface area is 160 Å². The largest absolute Gasteiger partial charge is 0.458 e. The van der Waals surface area contributed by atoms with E-state index in [1.54, 1.807) is 0 Å². The molecule has 0 saturated heterocycles. The average molecular weight is 367 g/mol. The molecular formula is C22H40NO3+. The third-order valence-corrected chi connectivity index (χ3v) is 8.14. The maximum absolute atomic E-state index is 12.3.